The zero-order chi connectivity index (χ0) is 7.71. The number of nitrogens with one attached hydrogen (secondary N) is 1. The van der Waals surface area contributed by atoms with Gasteiger partial charge in [-0.05, 0) is 25.6 Å². The smallest absolute Gasteiger partial charge is 0.284 e. The second-order valence-corrected chi connectivity index (χ2v) is 4.24. The Kier molecular flexibility index (Phi) is 2.46. The van der Waals surface area contributed by atoms with Gasteiger partial charge in [0.15, 0.2) is 4.87 Å². The Morgan fingerprint density at radius 3 is 1.89 bits per heavy atom. The highest BCUT2D eigenvalue weighted by atomic mass is 35.5. The third kappa shape index (κ3) is 2.09. The maximum Gasteiger partial charge on any atom is 0.284 e. The molecular formula is C3H8ClNO3S. The maximum atomic E-state index is 10.3. The molecule has 0 aromatic heterocycles. The average Bonchev–Trinajstić information content (AvgIpc) is 1.64. The van der Waals surface area contributed by atoms with Gasteiger partial charge in [0, 0.05) is 0 Å². The molecule has 0 aromatic carbocycles. The van der Waals surface area contributed by atoms with E-state index in [-0.39, 0.29) is 0 Å². The minimum atomic E-state index is -4.10. The van der Waals surface area contributed by atoms with Gasteiger partial charge in [-0.15, -0.1) is 0 Å². The molecule has 0 aliphatic heterocycles. The van der Waals surface area contributed by atoms with Gasteiger partial charge >= 0.3 is 0 Å². The molecule has 0 unspecified atom stereocenters. The van der Waals surface area contributed by atoms with Crippen LogP contribution >= 0.6 is 11.8 Å². The average molecular weight is 174 g/mol. The fourth-order valence-corrected chi connectivity index (χ4v) is 0.439. The Labute approximate surface area is 59.1 Å². The standard InChI is InChI=1S/C3H8ClNO3S/c1-3(2,5-4)9(6,7)8/h5H,1-2H3,(H,6,7,8). The normalized spacial score (nSPS) is 13.8. The van der Waals surface area contributed by atoms with Crippen LogP contribution in [0.2, 0.25) is 0 Å². The Morgan fingerprint density at radius 2 is 1.89 bits per heavy atom. The fourth-order valence-electron chi connectivity index (χ4n) is 0.0487. The van der Waals surface area contributed by atoms with Crippen LogP contribution in [0.25, 0.3) is 0 Å². The number of halogens is 1. The largest absolute Gasteiger partial charge is 0.284 e. The molecule has 6 heteroatoms. The minimum absolute atomic E-state index is 1.25. The van der Waals surface area contributed by atoms with Crippen LogP contribution in [0.5, 0.6) is 0 Å². The Morgan fingerprint density at radius 1 is 1.56 bits per heavy atom. The second kappa shape index (κ2) is 2.42. The van der Waals surface area contributed by atoms with Crippen molar-refractivity contribution in [3.63, 3.8) is 0 Å². The van der Waals surface area contributed by atoms with E-state index in [0.717, 1.165) is 0 Å². The third-order valence-corrected chi connectivity index (χ3v) is 2.85. The van der Waals surface area contributed by atoms with Crippen molar-refractivity contribution in [3.8, 4) is 0 Å². The molecule has 0 aliphatic carbocycles. The molecule has 0 rings (SSSR count). The summed E-state index contributed by atoms with van der Waals surface area (Å²) < 4.78 is 29.0. The number of rotatable bonds is 2. The fraction of sp³-hybridized carbons (Fsp3) is 1.00. The summed E-state index contributed by atoms with van der Waals surface area (Å²) in [6.45, 7) is 2.49. The van der Waals surface area contributed by atoms with Crippen LogP contribution in [-0.4, -0.2) is 17.8 Å². The first-order valence-corrected chi connectivity index (χ1v) is 3.98. The summed E-state index contributed by atoms with van der Waals surface area (Å²) in [5.41, 5.74) is 0. The van der Waals surface area contributed by atoms with E-state index >= 15 is 0 Å². The first kappa shape index (κ1) is 9.16. The molecule has 0 aliphatic rings. The van der Waals surface area contributed by atoms with Crippen molar-refractivity contribution in [1.29, 1.82) is 0 Å². The first-order valence-electron chi connectivity index (χ1n) is 2.16. The van der Waals surface area contributed by atoms with Gasteiger partial charge in [-0.2, -0.15) is 8.42 Å². The lowest BCUT2D eigenvalue weighted by Gasteiger charge is -2.16. The van der Waals surface area contributed by atoms with E-state index in [0.29, 0.717) is 0 Å². The molecule has 0 heterocycles. The Bertz CT molecular complexity index is 185. The molecule has 0 amide bonds. The molecule has 0 saturated heterocycles. The molecule has 0 radical (unpaired) electrons. The highest BCUT2D eigenvalue weighted by Gasteiger charge is 2.31. The minimum Gasteiger partial charge on any atom is -0.284 e. The van der Waals surface area contributed by atoms with E-state index in [1.54, 1.807) is 0 Å². The molecule has 0 saturated carbocycles. The van der Waals surface area contributed by atoms with Crippen molar-refractivity contribution in [3.05, 3.63) is 0 Å². The van der Waals surface area contributed by atoms with Crippen molar-refractivity contribution in [2.45, 2.75) is 18.7 Å². The zero-order valence-corrected chi connectivity index (χ0v) is 6.62. The molecule has 0 atom stereocenters. The van der Waals surface area contributed by atoms with E-state index < -0.39 is 15.0 Å². The summed E-state index contributed by atoms with van der Waals surface area (Å²) in [6, 6.07) is 0. The van der Waals surface area contributed by atoms with Gasteiger partial charge in [0.05, 0.1) is 0 Å². The van der Waals surface area contributed by atoms with Gasteiger partial charge in [0.2, 0.25) is 0 Å². The Balaban J connectivity index is 4.56. The molecule has 0 aromatic rings. The van der Waals surface area contributed by atoms with E-state index in [9.17, 15) is 8.42 Å². The molecule has 4 nitrogen and oxygen atoms in total. The number of hydrogen-bond acceptors (Lipinski definition) is 3. The van der Waals surface area contributed by atoms with Crippen molar-refractivity contribution in [2.24, 2.45) is 0 Å². The quantitative estimate of drug-likeness (QED) is 0.467. The van der Waals surface area contributed by atoms with Crippen LogP contribution in [-0.2, 0) is 10.1 Å². The zero-order valence-electron chi connectivity index (χ0n) is 5.05. The van der Waals surface area contributed by atoms with Gasteiger partial charge < -0.3 is 0 Å². The lowest BCUT2D eigenvalue weighted by Crippen LogP contribution is -2.41. The molecule has 9 heavy (non-hydrogen) atoms. The SMILES string of the molecule is CC(C)(NCl)S(=O)(=O)O. The van der Waals surface area contributed by atoms with Crippen molar-refractivity contribution >= 4 is 21.9 Å². The van der Waals surface area contributed by atoms with E-state index in [1.807, 2.05) is 4.84 Å². The van der Waals surface area contributed by atoms with Gasteiger partial charge in [-0.1, -0.05) is 0 Å². The van der Waals surface area contributed by atoms with E-state index in [2.05, 4.69) is 0 Å². The molecule has 0 bridgehead atoms. The van der Waals surface area contributed by atoms with Gasteiger partial charge in [0.1, 0.15) is 0 Å². The van der Waals surface area contributed by atoms with Crippen LogP contribution in [0.4, 0.5) is 0 Å². The Hall–Kier alpha value is 0.160. The monoisotopic (exact) mass is 173 g/mol. The summed E-state index contributed by atoms with van der Waals surface area (Å²) >= 11 is 4.99. The number of hydrogen-bond donors (Lipinski definition) is 2. The van der Waals surface area contributed by atoms with Crippen LogP contribution in [0.1, 0.15) is 13.8 Å². The predicted octanol–water partition coefficient (Wildman–Crippen LogP) is 0.354. The van der Waals surface area contributed by atoms with Crippen LogP contribution in [0.15, 0.2) is 0 Å². The van der Waals surface area contributed by atoms with Crippen LogP contribution in [0.3, 0.4) is 0 Å². The van der Waals surface area contributed by atoms with Crippen LogP contribution in [0, 0.1) is 0 Å². The maximum absolute atomic E-state index is 10.3. The lowest BCUT2D eigenvalue weighted by atomic mass is 10.4. The highest BCUT2D eigenvalue weighted by Crippen LogP contribution is 2.10. The lowest BCUT2D eigenvalue weighted by molar-refractivity contribution is 0.435. The molecule has 0 spiro atoms. The van der Waals surface area contributed by atoms with Crippen LogP contribution < -0.4 is 4.84 Å². The van der Waals surface area contributed by atoms with Crippen molar-refractivity contribution < 1.29 is 13.0 Å². The molecular weight excluding hydrogens is 166 g/mol. The summed E-state index contributed by atoms with van der Waals surface area (Å²) in [7, 11) is -4.10. The highest BCUT2D eigenvalue weighted by molar-refractivity contribution is 7.87. The van der Waals surface area contributed by atoms with Crippen molar-refractivity contribution in [2.75, 3.05) is 0 Å². The summed E-state index contributed by atoms with van der Waals surface area (Å²) in [5.74, 6) is 0. The molecule has 56 valence electrons. The molecule has 2 N–H and O–H groups in total. The summed E-state index contributed by atoms with van der Waals surface area (Å²) in [6.07, 6.45) is 0. The first-order chi connectivity index (χ1) is 3.81. The predicted molar refractivity (Wildman–Crippen MR) is 34.6 cm³/mol. The molecule has 0 fully saturated rings. The van der Waals surface area contributed by atoms with E-state index in [4.69, 9.17) is 16.3 Å². The van der Waals surface area contributed by atoms with E-state index in [1.165, 1.54) is 13.8 Å². The van der Waals surface area contributed by atoms with Crippen molar-refractivity contribution in [1.82, 2.24) is 4.84 Å². The van der Waals surface area contributed by atoms with Gasteiger partial charge in [-0.3, -0.25) is 4.55 Å². The summed E-state index contributed by atoms with van der Waals surface area (Å²) in [5, 5.41) is 0. The third-order valence-electron chi connectivity index (χ3n) is 0.872. The second-order valence-electron chi connectivity index (χ2n) is 2.08. The topological polar surface area (TPSA) is 66.4 Å². The summed E-state index contributed by atoms with van der Waals surface area (Å²) in [4.78, 5) is 0.438. The van der Waals surface area contributed by atoms with Gasteiger partial charge in [-0.25, -0.2) is 4.84 Å². The van der Waals surface area contributed by atoms with Gasteiger partial charge in [0.25, 0.3) is 10.1 Å².